The molecular formula is C16H20N4O3S. The highest BCUT2D eigenvalue weighted by atomic mass is 32.2. The first kappa shape index (κ1) is 16.6. The maximum atomic E-state index is 12.3. The number of nitrogens with zero attached hydrogens (tertiary/aromatic N) is 2. The van der Waals surface area contributed by atoms with E-state index in [1.165, 1.54) is 11.8 Å². The summed E-state index contributed by atoms with van der Waals surface area (Å²) >= 11 is 1.30. The zero-order chi connectivity index (χ0) is 17.1. The smallest absolute Gasteiger partial charge is 0.344 e. The molecule has 0 spiro atoms. The van der Waals surface area contributed by atoms with Crippen LogP contribution in [0.4, 0.5) is 0 Å². The standard InChI is InChI=1S/C16H20N4O3S/c1-10(24-16-19-18-15(22)20(16)12-5-6-12)14(21)17-9-11-3-7-13(23-2)8-4-11/h3-4,7-8,10,12H,5-6,9H2,1-2H3,(H,17,21)(H,18,22)/t10-/m0/s1. The molecule has 7 nitrogen and oxygen atoms in total. The van der Waals surface area contributed by atoms with Crippen LogP contribution in [0.5, 0.6) is 5.75 Å². The first-order valence-electron chi connectivity index (χ1n) is 7.82. The van der Waals surface area contributed by atoms with Gasteiger partial charge in [-0.2, -0.15) is 0 Å². The summed E-state index contributed by atoms with van der Waals surface area (Å²) in [5.41, 5.74) is 0.793. The van der Waals surface area contributed by atoms with E-state index in [9.17, 15) is 9.59 Å². The van der Waals surface area contributed by atoms with Gasteiger partial charge in [-0.25, -0.2) is 9.89 Å². The fourth-order valence-corrected chi connectivity index (χ4v) is 3.27. The highest BCUT2D eigenvalue weighted by molar-refractivity contribution is 8.00. The van der Waals surface area contributed by atoms with E-state index in [1.54, 1.807) is 11.7 Å². The van der Waals surface area contributed by atoms with Gasteiger partial charge in [-0.3, -0.25) is 9.36 Å². The van der Waals surface area contributed by atoms with Gasteiger partial charge in [-0.1, -0.05) is 23.9 Å². The first-order valence-corrected chi connectivity index (χ1v) is 8.70. The number of carbonyl (C=O) groups is 1. The molecule has 1 saturated carbocycles. The molecule has 2 N–H and O–H groups in total. The molecule has 1 atom stereocenters. The lowest BCUT2D eigenvalue weighted by molar-refractivity contribution is -0.120. The molecule has 2 aromatic rings. The van der Waals surface area contributed by atoms with Crippen molar-refractivity contribution in [3.8, 4) is 5.75 Å². The van der Waals surface area contributed by atoms with E-state index in [0.717, 1.165) is 24.2 Å². The molecule has 8 heteroatoms. The Bertz CT molecular complexity index is 764. The van der Waals surface area contributed by atoms with Gasteiger partial charge < -0.3 is 10.1 Å². The van der Waals surface area contributed by atoms with Gasteiger partial charge in [-0.15, -0.1) is 5.10 Å². The number of amides is 1. The molecule has 0 aliphatic heterocycles. The van der Waals surface area contributed by atoms with E-state index >= 15 is 0 Å². The van der Waals surface area contributed by atoms with E-state index in [0.29, 0.717) is 11.7 Å². The molecule has 0 bridgehead atoms. The molecule has 1 aromatic carbocycles. The molecule has 3 rings (SSSR count). The Morgan fingerprint density at radius 1 is 1.46 bits per heavy atom. The molecule has 0 radical (unpaired) electrons. The van der Waals surface area contributed by atoms with Crippen LogP contribution in [-0.4, -0.2) is 33.0 Å². The van der Waals surface area contributed by atoms with Crippen molar-refractivity contribution >= 4 is 17.7 Å². The van der Waals surface area contributed by atoms with Crippen molar-refractivity contribution < 1.29 is 9.53 Å². The van der Waals surface area contributed by atoms with Gasteiger partial charge in [0.2, 0.25) is 5.91 Å². The summed E-state index contributed by atoms with van der Waals surface area (Å²) in [4.78, 5) is 24.0. The number of nitrogens with one attached hydrogen (secondary N) is 2. The van der Waals surface area contributed by atoms with Crippen molar-refractivity contribution in [1.82, 2.24) is 20.1 Å². The summed E-state index contributed by atoms with van der Waals surface area (Å²) in [6.45, 7) is 2.26. The van der Waals surface area contributed by atoms with Crippen LogP contribution in [0.25, 0.3) is 0 Å². The Hall–Kier alpha value is -2.22. The number of carbonyl (C=O) groups excluding carboxylic acids is 1. The fraction of sp³-hybridized carbons (Fsp3) is 0.438. The number of methoxy groups -OCH3 is 1. The minimum Gasteiger partial charge on any atom is -0.497 e. The van der Waals surface area contributed by atoms with Crippen molar-refractivity contribution in [3.05, 3.63) is 40.3 Å². The van der Waals surface area contributed by atoms with Gasteiger partial charge in [0.15, 0.2) is 5.16 Å². The number of hydrogen-bond acceptors (Lipinski definition) is 5. The number of thioether (sulfide) groups is 1. The zero-order valence-electron chi connectivity index (χ0n) is 13.6. The first-order chi connectivity index (χ1) is 11.6. The molecule has 1 amide bonds. The summed E-state index contributed by atoms with van der Waals surface area (Å²) in [6, 6.07) is 7.77. The SMILES string of the molecule is COc1ccc(CNC(=O)[C@H](C)Sc2n[nH]c(=O)n2C2CC2)cc1. The largest absolute Gasteiger partial charge is 0.497 e. The van der Waals surface area contributed by atoms with Gasteiger partial charge in [0.25, 0.3) is 0 Å². The van der Waals surface area contributed by atoms with E-state index in [2.05, 4.69) is 15.5 Å². The molecular weight excluding hydrogens is 328 g/mol. The topological polar surface area (TPSA) is 89.0 Å². The Kier molecular flexibility index (Phi) is 4.94. The third kappa shape index (κ3) is 3.81. The molecule has 0 saturated heterocycles. The maximum absolute atomic E-state index is 12.3. The van der Waals surface area contributed by atoms with Gasteiger partial charge in [0.05, 0.1) is 12.4 Å². The van der Waals surface area contributed by atoms with E-state index in [-0.39, 0.29) is 22.9 Å². The third-order valence-corrected chi connectivity index (χ3v) is 4.93. The Labute approximate surface area is 143 Å². The van der Waals surface area contributed by atoms with Crippen LogP contribution >= 0.6 is 11.8 Å². The average molecular weight is 348 g/mol. The number of ether oxygens (including phenoxy) is 1. The normalized spacial score (nSPS) is 15.1. The monoisotopic (exact) mass is 348 g/mol. The highest BCUT2D eigenvalue weighted by Crippen LogP contribution is 2.36. The van der Waals surface area contributed by atoms with Crippen LogP contribution in [-0.2, 0) is 11.3 Å². The van der Waals surface area contributed by atoms with E-state index in [1.807, 2.05) is 31.2 Å². The molecule has 24 heavy (non-hydrogen) atoms. The van der Waals surface area contributed by atoms with Crippen molar-refractivity contribution in [3.63, 3.8) is 0 Å². The molecule has 0 unspecified atom stereocenters. The van der Waals surface area contributed by atoms with Crippen LogP contribution in [0.1, 0.15) is 31.4 Å². The van der Waals surface area contributed by atoms with Gasteiger partial charge >= 0.3 is 5.69 Å². The molecule has 128 valence electrons. The molecule has 1 aliphatic carbocycles. The predicted octanol–water partition coefficient (Wildman–Crippen LogP) is 1.71. The fourth-order valence-electron chi connectivity index (χ4n) is 2.32. The quantitative estimate of drug-likeness (QED) is 0.744. The maximum Gasteiger partial charge on any atom is 0.344 e. The molecule has 1 aromatic heterocycles. The molecule has 1 heterocycles. The number of aromatic nitrogens is 3. The van der Waals surface area contributed by atoms with Crippen molar-refractivity contribution in [2.24, 2.45) is 0 Å². The van der Waals surface area contributed by atoms with Crippen LogP contribution in [0.15, 0.2) is 34.2 Å². The lowest BCUT2D eigenvalue weighted by Gasteiger charge is -2.12. The predicted molar refractivity (Wildman–Crippen MR) is 91.3 cm³/mol. The number of hydrogen-bond donors (Lipinski definition) is 2. The number of benzene rings is 1. The number of rotatable bonds is 7. The summed E-state index contributed by atoms with van der Waals surface area (Å²) in [6.07, 6.45) is 1.98. The second kappa shape index (κ2) is 7.12. The second-order valence-electron chi connectivity index (χ2n) is 5.74. The summed E-state index contributed by atoms with van der Waals surface area (Å²) in [5, 5.41) is 9.64. The lowest BCUT2D eigenvalue weighted by Crippen LogP contribution is -2.30. The Morgan fingerprint density at radius 2 is 2.17 bits per heavy atom. The average Bonchev–Trinajstić information content (AvgIpc) is 3.37. The lowest BCUT2D eigenvalue weighted by atomic mass is 10.2. The molecule has 1 fully saturated rings. The van der Waals surface area contributed by atoms with Crippen molar-refractivity contribution in [2.75, 3.05) is 7.11 Å². The number of aromatic amines is 1. The summed E-state index contributed by atoms with van der Waals surface area (Å²) in [7, 11) is 1.62. The summed E-state index contributed by atoms with van der Waals surface area (Å²) in [5.74, 6) is 0.694. The van der Waals surface area contributed by atoms with Crippen molar-refractivity contribution in [1.29, 1.82) is 0 Å². The van der Waals surface area contributed by atoms with Crippen molar-refractivity contribution in [2.45, 2.75) is 42.8 Å². The number of H-pyrrole nitrogens is 1. The zero-order valence-corrected chi connectivity index (χ0v) is 14.4. The Morgan fingerprint density at radius 3 is 2.79 bits per heavy atom. The molecule has 1 aliphatic rings. The van der Waals surface area contributed by atoms with Crippen LogP contribution in [0.2, 0.25) is 0 Å². The third-order valence-electron chi connectivity index (χ3n) is 3.86. The van der Waals surface area contributed by atoms with Crippen LogP contribution < -0.4 is 15.7 Å². The van der Waals surface area contributed by atoms with Crippen LogP contribution in [0, 0.1) is 0 Å². The van der Waals surface area contributed by atoms with Crippen LogP contribution in [0.3, 0.4) is 0 Å². The van der Waals surface area contributed by atoms with Gasteiger partial charge in [-0.05, 0) is 37.5 Å². The Balaban J connectivity index is 1.55. The van der Waals surface area contributed by atoms with E-state index in [4.69, 9.17) is 4.74 Å². The highest BCUT2D eigenvalue weighted by Gasteiger charge is 2.30. The van der Waals surface area contributed by atoms with E-state index < -0.39 is 0 Å². The minimum absolute atomic E-state index is 0.0892. The second-order valence-corrected chi connectivity index (χ2v) is 7.05. The summed E-state index contributed by atoms with van der Waals surface area (Å²) < 4.78 is 6.76. The minimum atomic E-state index is -0.337. The van der Waals surface area contributed by atoms with Gasteiger partial charge in [0, 0.05) is 12.6 Å². The van der Waals surface area contributed by atoms with Gasteiger partial charge in [0.1, 0.15) is 5.75 Å².